The van der Waals surface area contributed by atoms with Gasteiger partial charge in [-0.1, -0.05) is 0 Å². The Morgan fingerprint density at radius 1 is 1.00 bits per heavy atom. The fourth-order valence-electron chi connectivity index (χ4n) is 3.37. The largest absolute Gasteiger partial charge is 0.497 e. The normalized spacial score (nSPS) is 12.0. The number of amides is 1. The van der Waals surface area contributed by atoms with Crippen molar-refractivity contribution in [2.75, 3.05) is 17.1 Å². The van der Waals surface area contributed by atoms with Crippen molar-refractivity contribution in [2.24, 2.45) is 0 Å². The monoisotopic (exact) mass is 520 g/mol. The molecule has 0 aliphatic carbocycles. The summed E-state index contributed by atoms with van der Waals surface area (Å²) in [6, 6.07) is 16.4. The van der Waals surface area contributed by atoms with Gasteiger partial charge in [0.15, 0.2) is 0 Å². The molecule has 11 nitrogen and oxygen atoms in total. The molecule has 12 heteroatoms. The van der Waals surface area contributed by atoms with E-state index >= 15 is 0 Å². The van der Waals surface area contributed by atoms with Gasteiger partial charge in [0.1, 0.15) is 11.8 Å². The lowest BCUT2D eigenvalue weighted by atomic mass is 10.1. The summed E-state index contributed by atoms with van der Waals surface area (Å²) >= 11 is 0. The second kappa shape index (κ2) is 10.6. The third-order valence-corrected chi connectivity index (χ3v) is 6.75. The van der Waals surface area contributed by atoms with Gasteiger partial charge in [0.2, 0.25) is 11.9 Å². The van der Waals surface area contributed by atoms with Gasteiger partial charge in [-0.05, 0) is 74.5 Å². The Morgan fingerprint density at radius 3 is 2.35 bits per heavy atom. The minimum Gasteiger partial charge on any atom is -0.497 e. The Hall–Kier alpha value is -4.58. The van der Waals surface area contributed by atoms with Crippen molar-refractivity contribution in [3.8, 4) is 17.0 Å². The Labute approximate surface area is 213 Å². The number of ether oxygens (including phenoxy) is 1. The first-order valence-electron chi connectivity index (χ1n) is 11.1. The molecule has 0 bridgehead atoms. The van der Waals surface area contributed by atoms with Crippen LogP contribution in [0.2, 0.25) is 0 Å². The number of sulfonamides is 1. The van der Waals surface area contributed by atoms with Crippen LogP contribution in [0.15, 0.2) is 82.6 Å². The van der Waals surface area contributed by atoms with Crippen molar-refractivity contribution in [3.63, 3.8) is 0 Å². The molecule has 1 unspecified atom stereocenters. The summed E-state index contributed by atoms with van der Waals surface area (Å²) in [5.41, 5.74) is 1.79. The highest BCUT2D eigenvalue weighted by molar-refractivity contribution is 7.92. The van der Waals surface area contributed by atoms with E-state index in [0.29, 0.717) is 22.8 Å². The predicted octanol–water partition coefficient (Wildman–Crippen LogP) is 3.02. The highest BCUT2D eigenvalue weighted by Gasteiger charge is 2.20. The summed E-state index contributed by atoms with van der Waals surface area (Å²) in [5, 5.41) is 7.04. The van der Waals surface area contributed by atoms with Crippen LogP contribution in [0.1, 0.15) is 18.7 Å². The van der Waals surface area contributed by atoms with Gasteiger partial charge in [0.05, 0.1) is 17.7 Å². The van der Waals surface area contributed by atoms with Gasteiger partial charge in [-0.15, -0.1) is 0 Å². The van der Waals surface area contributed by atoms with E-state index in [1.807, 2.05) is 0 Å². The van der Waals surface area contributed by atoms with Crippen molar-refractivity contribution in [2.45, 2.75) is 24.8 Å². The van der Waals surface area contributed by atoms with Crippen molar-refractivity contribution in [1.29, 1.82) is 0 Å². The average Bonchev–Trinajstić information content (AvgIpc) is 2.88. The van der Waals surface area contributed by atoms with Crippen molar-refractivity contribution in [3.05, 3.63) is 89.0 Å². The van der Waals surface area contributed by atoms with Crippen LogP contribution in [-0.4, -0.2) is 41.2 Å². The van der Waals surface area contributed by atoms with E-state index in [1.165, 1.54) is 36.5 Å². The molecular formula is C25H24N6O5S. The number of aromatic nitrogens is 4. The van der Waals surface area contributed by atoms with Crippen LogP contribution in [-0.2, 0) is 14.8 Å². The van der Waals surface area contributed by atoms with Gasteiger partial charge in [-0.25, -0.2) is 27.8 Å². The molecule has 0 saturated heterocycles. The minimum absolute atomic E-state index is 0.0336. The molecule has 0 aliphatic rings. The quantitative estimate of drug-likeness (QED) is 0.361. The maximum absolute atomic E-state index is 12.9. The van der Waals surface area contributed by atoms with E-state index in [0.717, 1.165) is 10.2 Å². The Morgan fingerprint density at radius 2 is 1.70 bits per heavy atom. The third-order valence-electron chi connectivity index (χ3n) is 5.41. The molecule has 4 aromatic rings. The summed E-state index contributed by atoms with van der Waals surface area (Å²) < 4.78 is 33.8. The van der Waals surface area contributed by atoms with Gasteiger partial charge in [-0.3, -0.25) is 9.59 Å². The zero-order valence-electron chi connectivity index (χ0n) is 20.2. The van der Waals surface area contributed by atoms with Gasteiger partial charge in [-0.2, -0.15) is 5.10 Å². The van der Waals surface area contributed by atoms with E-state index < -0.39 is 27.5 Å². The van der Waals surface area contributed by atoms with Gasteiger partial charge in [0, 0.05) is 29.2 Å². The van der Waals surface area contributed by atoms with Gasteiger partial charge >= 0.3 is 0 Å². The average molecular weight is 521 g/mol. The highest BCUT2D eigenvalue weighted by Crippen LogP contribution is 2.21. The molecule has 0 saturated carbocycles. The van der Waals surface area contributed by atoms with E-state index in [4.69, 9.17) is 4.74 Å². The molecule has 1 amide bonds. The molecule has 2 heterocycles. The zero-order valence-corrected chi connectivity index (χ0v) is 21.1. The molecule has 2 aromatic heterocycles. The maximum Gasteiger partial charge on any atom is 0.267 e. The summed E-state index contributed by atoms with van der Waals surface area (Å²) in [6.45, 7) is 3.27. The molecular weight excluding hydrogens is 496 g/mol. The van der Waals surface area contributed by atoms with E-state index in [1.54, 1.807) is 57.4 Å². The Kier molecular flexibility index (Phi) is 7.30. The molecule has 190 valence electrons. The SMILES string of the molecule is COc1ccc(-c2ccc(=O)n(C(C)C(=O)Nc3ccc(S(=O)(=O)Nc4nccc(C)n4)cc3)n2)cc1. The van der Waals surface area contributed by atoms with Crippen LogP contribution in [0, 0.1) is 6.92 Å². The van der Waals surface area contributed by atoms with Gasteiger partial charge < -0.3 is 10.1 Å². The third kappa shape index (κ3) is 5.98. The smallest absolute Gasteiger partial charge is 0.267 e. The lowest BCUT2D eigenvalue weighted by Crippen LogP contribution is -2.33. The molecule has 4 rings (SSSR count). The topological polar surface area (TPSA) is 145 Å². The lowest BCUT2D eigenvalue weighted by molar-refractivity contribution is -0.119. The first-order chi connectivity index (χ1) is 17.7. The molecule has 0 aliphatic heterocycles. The first kappa shape index (κ1) is 25.5. The van der Waals surface area contributed by atoms with Crippen LogP contribution in [0.3, 0.4) is 0 Å². The van der Waals surface area contributed by atoms with Crippen molar-refractivity contribution in [1.82, 2.24) is 19.7 Å². The number of nitrogens with one attached hydrogen (secondary N) is 2. The number of carbonyl (C=O) groups excluding carboxylic acids is 1. The molecule has 0 spiro atoms. The fourth-order valence-corrected chi connectivity index (χ4v) is 4.32. The standard InChI is InChI=1S/C25H24N6O5S/c1-16-14-15-26-25(27-16)30-37(34,35)21-10-6-19(7-11-21)28-24(33)17(2)31-23(32)13-12-22(29-31)18-4-8-20(36-3)9-5-18/h4-15,17H,1-3H3,(H,28,33)(H,26,27,30). The van der Waals surface area contributed by atoms with Gasteiger partial charge in [0.25, 0.3) is 15.6 Å². The molecule has 2 aromatic carbocycles. The zero-order chi connectivity index (χ0) is 26.6. The number of rotatable bonds is 8. The Bertz CT molecular complexity index is 1590. The summed E-state index contributed by atoms with van der Waals surface area (Å²) in [6.07, 6.45) is 1.45. The molecule has 0 fully saturated rings. The lowest BCUT2D eigenvalue weighted by Gasteiger charge is -2.15. The van der Waals surface area contributed by atoms with E-state index in [2.05, 4.69) is 25.1 Å². The number of nitrogens with zero attached hydrogens (tertiary/aromatic N) is 4. The first-order valence-corrected chi connectivity index (χ1v) is 12.6. The highest BCUT2D eigenvalue weighted by atomic mass is 32.2. The predicted molar refractivity (Wildman–Crippen MR) is 138 cm³/mol. The van der Waals surface area contributed by atoms with Crippen LogP contribution in [0.25, 0.3) is 11.3 Å². The number of aryl methyl sites for hydroxylation is 1. The second-order valence-corrected chi connectivity index (χ2v) is 9.73. The summed E-state index contributed by atoms with van der Waals surface area (Å²) in [4.78, 5) is 33.2. The number of carbonyl (C=O) groups is 1. The van der Waals surface area contributed by atoms with Crippen molar-refractivity contribution < 1.29 is 17.9 Å². The fraction of sp³-hybridized carbons (Fsp3) is 0.160. The molecule has 0 radical (unpaired) electrons. The number of benzene rings is 2. The minimum atomic E-state index is -3.93. The summed E-state index contributed by atoms with van der Waals surface area (Å²) in [5.74, 6) is 0.146. The van der Waals surface area contributed by atoms with Crippen LogP contribution < -0.4 is 20.3 Å². The van der Waals surface area contributed by atoms with E-state index in [9.17, 15) is 18.0 Å². The molecule has 2 N–H and O–H groups in total. The second-order valence-electron chi connectivity index (χ2n) is 8.05. The number of hydrogen-bond donors (Lipinski definition) is 2. The molecule has 37 heavy (non-hydrogen) atoms. The summed E-state index contributed by atoms with van der Waals surface area (Å²) in [7, 11) is -2.36. The Balaban J connectivity index is 1.48. The van der Waals surface area contributed by atoms with Crippen LogP contribution in [0.5, 0.6) is 5.75 Å². The van der Waals surface area contributed by atoms with E-state index in [-0.39, 0.29) is 10.8 Å². The maximum atomic E-state index is 12.9. The van der Waals surface area contributed by atoms with Crippen molar-refractivity contribution >= 4 is 27.6 Å². The number of methoxy groups -OCH3 is 1. The number of hydrogen-bond acceptors (Lipinski definition) is 8. The molecule has 1 atom stereocenters. The number of anilines is 2. The van der Waals surface area contributed by atoms with Crippen LogP contribution >= 0.6 is 0 Å². The van der Waals surface area contributed by atoms with Crippen LogP contribution in [0.4, 0.5) is 11.6 Å².